The van der Waals surface area contributed by atoms with E-state index in [-0.39, 0.29) is 23.5 Å². The number of hydrogen-bond acceptors (Lipinski definition) is 4. The summed E-state index contributed by atoms with van der Waals surface area (Å²) in [5, 5.41) is 9.85. The molecule has 0 spiro atoms. The lowest BCUT2D eigenvalue weighted by Crippen LogP contribution is -2.52. The van der Waals surface area contributed by atoms with Crippen LogP contribution in [0.25, 0.3) is 0 Å². The maximum Gasteiger partial charge on any atom is 0.319 e. The maximum atomic E-state index is 12.3. The van der Waals surface area contributed by atoms with E-state index in [0.717, 1.165) is 0 Å². The number of carbonyl (C=O) groups is 2. The van der Waals surface area contributed by atoms with Gasteiger partial charge in [-0.25, -0.2) is 0 Å². The van der Waals surface area contributed by atoms with Gasteiger partial charge in [-0.15, -0.1) is 0 Å². The lowest BCUT2D eigenvalue weighted by molar-refractivity contribution is -0.167. The van der Waals surface area contributed by atoms with Crippen molar-refractivity contribution in [1.82, 2.24) is 0 Å². The summed E-state index contributed by atoms with van der Waals surface area (Å²) in [7, 11) is 1.32. The number of aliphatic hydroxyl groups is 1. The smallest absolute Gasteiger partial charge is 0.319 e. The fourth-order valence-electron chi connectivity index (χ4n) is 3.67. The maximum absolute atomic E-state index is 12.3. The van der Waals surface area contributed by atoms with Crippen LogP contribution in [-0.4, -0.2) is 30.1 Å². The Labute approximate surface area is 95.0 Å². The Balaban J connectivity index is 2.48. The molecule has 2 aliphatic carbocycles. The molecule has 1 N–H and O–H groups in total. The zero-order valence-electron chi connectivity index (χ0n) is 9.90. The molecule has 0 aliphatic heterocycles. The Morgan fingerprint density at radius 3 is 2.50 bits per heavy atom. The van der Waals surface area contributed by atoms with Crippen LogP contribution in [0.3, 0.4) is 0 Å². The highest BCUT2D eigenvalue weighted by Crippen LogP contribution is 2.55. The fraction of sp³-hybridized carbons (Fsp3) is 0.833. The van der Waals surface area contributed by atoms with Crippen molar-refractivity contribution in [3.63, 3.8) is 0 Å². The number of ether oxygens (including phenoxy) is 1. The van der Waals surface area contributed by atoms with E-state index in [1.54, 1.807) is 0 Å². The Kier molecular flexibility index (Phi) is 2.57. The molecule has 2 rings (SSSR count). The Hall–Kier alpha value is -0.900. The van der Waals surface area contributed by atoms with Crippen LogP contribution in [0.4, 0.5) is 0 Å². The van der Waals surface area contributed by atoms with Crippen molar-refractivity contribution in [3.05, 3.63) is 0 Å². The highest BCUT2D eigenvalue weighted by atomic mass is 16.5. The zero-order valence-corrected chi connectivity index (χ0v) is 9.90. The van der Waals surface area contributed by atoms with E-state index < -0.39 is 17.5 Å². The predicted molar refractivity (Wildman–Crippen MR) is 56.5 cm³/mol. The van der Waals surface area contributed by atoms with Gasteiger partial charge in [-0.2, -0.15) is 0 Å². The van der Waals surface area contributed by atoms with Gasteiger partial charge in [-0.1, -0.05) is 13.8 Å². The van der Waals surface area contributed by atoms with E-state index in [1.807, 2.05) is 13.8 Å². The average molecular weight is 226 g/mol. The molecule has 2 bridgehead atoms. The summed E-state index contributed by atoms with van der Waals surface area (Å²) in [6, 6.07) is 0. The van der Waals surface area contributed by atoms with Gasteiger partial charge in [-0.05, 0) is 24.7 Å². The van der Waals surface area contributed by atoms with Crippen LogP contribution in [0.5, 0.6) is 0 Å². The van der Waals surface area contributed by atoms with Gasteiger partial charge in [-0.3, -0.25) is 9.59 Å². The third kappa shape index (κ3) is 1.14. The topological polar surface area (TPSA) is 63.6 Å². The van der Waals surface area contributed by atoms with Crippen LogP contribution in [-0.2, 0) is 14.3 Å². The number of carbonyl (C=O) groups excluding carboxylic acids is 2. The van der Waals surface area contributed by atoms with Gasteiger partial charge in [0.15, 0.2) is 5.78 Å². The van der Waals surface area contributed by atoms with Gasteiger partial charge >= 0.3 is 5.97 Å². The second-order valence-electron chi connectivity index (χ2n) is 5.17. The van der Waals surface area contributed by atoms with Crippen molar-refractivity contribution in [1.29, 1.82) is 0 Å². The van der Waals surface area contributed by atoms with Crippen molar-refractivity contribution in [2.45, 2.75) is 32.8 Å². The van der Waals surface area contributed by atoms with Gasteiger partial charge in [0.2, 0.25) is 0 Å². The second-order valence-corrected chi connectivity index (χ2v) is 5.17. The van der Waals surface area contributed by atoms with E-state index in [1.165, 1.54) is 7.11 Å². The quantitative estimate of drug-likeness (QED) is 0.530. The summed E-state index contributed by atoms with van der Waals surface area (Å²) in [5.74, 6) is -1.09. The number of aliphatic hydroxyl groups excluding tert-OH is 1. The van der Waals surface area contributed by atoms with E-state index >= 15 is 0 Å². The minimum Gasteiger partial charge on any atom is -0.468 e. The van der Waals surface area contributed by atoms with Crippen LogP contribution >= 0.6 is 0 Å². The Morgan fingerprint density at radius 2 is 1.94 bits per heavy atom. The third-order valence-electron chi connectivity index (χ3n) is 4.49. The normalized spacial score (nSPS) is 46.9. The third-order valence-corrected chi connectivity index (χ3v) is 4.49. The van der Waals surface area contributed by atoms with Crippen LogP contribution in [0.1, 0.15) is 26.7 Å². The first-order valence-electron chi connectivity index (χ1n) is 5.77. The van der Waals surface area contributed by atoms with Crippen molar-refractivity contribution in [3.8, 4) is 0 Å². The number of ketones is 1. The molecular formula is C12H18O4. The summed E-state index contributed by atoms with van der Waals surface area (Å²) < 4.78 is 4.82. The lowest BCUT2D eigenvalue weighted by Gasteiger charge is -2.39. The Morgan fingerprint density at radius 1 is 1.38 bits per heavy atom. The summed E-state index contributed by atoms with van der Waals surface area (Å²) in [4.78, 5) is 24.2. The van der Waals surface area contributed by atoms with Crippen LogP contribution in [0.15, 0.2) is 0 Å². The SMILES string of the molecule is COC(=O)[C@@]12C(=O)[C@@H](C[C@H]1C)[C@@H](O)C[C@H]2C. The molecule has 0 saturated heterocycles. The highest BCUT2D eigenvalue weighted by Gasteiger charge is 2.65. The van der Waals surface area contributed by atoms with E-state index in [4.69, 9.17) is 4.74 Å². The van der Waals surface area contributed by atoms with Crippen molar-refractivity contribution in [2.75, 3.05) is 7.11 Å². The zero-order chi connectivity index (χ0) is 12.1. The molecule has 0 aromatic carbocycles. The molecule has 2 aliphatic rings. The molecule has 0 amide bonds. The molecule has 0 aromatic heterocycles. The molecule has 0 aromatic rings. The Bertz CT molecular complexity index is 338. The molecule has 90 valence electrons. The largest absolute Gasteiger partial charge is 0.468 e. The molecule has 16 heavy (non-hydrogen) atoms. The molecule has 2 saturated carbocycles. The highest BCUT2D eigenvalue weighted by molar-refractivity contribution is 6.08. The number of fused-ring (bicyclic) bond motifs is 2. The summed E-state index contributed by atoms with van der Waals surface area (Å²) in [6.45, 7) is 3.76. The predicted octanol–water partition coefficient (Wildman–Crippen LogP) is 0.772. The second kappa shape index (κ2) is 3.55. The number of hydrogen-bond donors (Lipinski definition) is 1. The van der Waals surface area contributed by atoms with Gasteiger partial charge in [0.1, 0.15) is 5.41 Å². The van der Waals surface area contributed by atoms with Crippen molar-refractivity contribution in [2.24, 2.45) is 23.2 Å². The summed E-state index contributed by atoms with van der Waals surface area (Å²) in [5.41, 5.74) is -1.00. The van der Waals surface area contributed by atoms with Gasteiger partial charge in [0.05, 0.1) is 13.2 Å². The molecule has 4 heteroatoms. The molecular weight excluding hydrogens is 208 g/mol. The van der Waals surface area contributed by atoms with Crippen LogP contribution in [0.2, 0.25) is 0 Å². The molecule has 2 fully saturated rings. The summed E-state index contributed by atoms with van der Waals surface area (Å²) >= 11 is 0. The average Bonchev–Trinajstić information content (AvgIpc) is 2.44. The number of methoxy groups -OCH3 is 1. The monoisotopic (exact) mass is 226 g/mol. The lowest BCUT2D eigenvalue weighted by atomic mass is 9.63. The van der Waals surface area contributed by atoms with Crippen molar-refractivity contribution >= 4 is 11.8 Å². The van der Waals surface area contributed by atoms with Gasteiger partial charge in [0, 0.05) is 5.92 Å². The first kappa shape index (κ1) is 11.6. The number of rotatable bonds is 1. The molecule has 0 radical (unpaired) electrons. The molecule has 0 unspecified atom stereocenters. The van der Waals surface area contributed by atoms with Crippen molar-refractivity contribution < 1.29 is 19.4 Å². The van der Waals surface area contributed by atoms with E-state index in [2.05, 4.69) is 0 Å². The van der Waals surface area contributed by atoms with Gasteiger partial charge < -0.3 is 9.84 Å². The minimum absolute atomic E-state index is 0.0374. The number of esters is 1. The fourth-order valence-corrected chi connectivity index (χ4v) is 3.67. The van der Waals surface area contributed by atoms with E-state index in [0.29, 0.717) is 12.8 Å². The van der Waals surface area contributed by atoms with Crippen LogP contribution < -0.4 is 0 Å². The molecule has 0 heterocycles. The molecule has 5 atom stereocenters. The summed E-state index contributed by atoms with van der Waals surface area (Å²) in [6.07, 6.45) is 0.514. The van der Waals surface area contributed by atoms with Gasteiger partial charge in [0.25, 0.3) is 0 Å². The molecule has 4 nitrogen and oxygen atoms in total. The van der Waals surface area contributed by atoms with E-state index in [9.17, 15) is 14.7 Å². The standard InChI is InChI=1S/C12H18O4/c1-6-4-8-9(13)5-7(2)12(6,10(8)14)11(15)16-3/h6-9,13H,4-5H2,1-3H3/t6-,7-,8+,9+,12+/m1/s1. The minimum atomic E-state index is -1.00. The first-order valence-corrected chi connectivity index (χ1v) is 5.77. The number of Topliss-reactive ketones (excluding diaryl/α,β-unsaturated/α-hetero) is 1. The van der Waals surface area contributed by atoms with Crippen LogP contribution in [0, 0.1) is 23.2 Å². The first-order chi connectivity index (χ1) is 7.46.